The van der Waals surface area contributed by atoms with Gasteiger partial charge in [0.1, 0.15) is 0 Å². The van der Waals surface area contributed by atoms with E-state index in [1.807, 2.05) is 18.2 Å². The van der Waals surface area contributed by atoms with Crippen LogP contribution in [0.3, 0.4) is 0 Å². The zero-order valence-electron chi connectivity index (χ0n) is 10.1. The molecular formula is C12H16BrIN2O2. The normalized spacial score (nSPS) is 10.4. The van der Waals surface area contributed by atoms with Crippen LogP contribution in [0, 0.1) is 3.57 Å². The second-order valence-corrected chi connectivity index (χ2v) is 5.72. The van der Waals surface area contributed by atoms with Gasteiger partial charge in [0.15, 0.2) is 0 Å². The molecule has 0 aromatic heterocycles. The van der Waals surface area contributed by atoms with Crippen molar-refractivity contribution in [3.05, 3.63) is 31.8 Å². The molecule has 0 heterocycles. The Hall–Kier alpha value is -0.180. The number of hydrogen-bond donors (Lipinski definition) is 2. The van der Waals surface area contributed by atoms with E-state index >= 15 is 0 Å². The highest BCUT2D eigenvalue weighted by Gasteiger charge is 2.09. The van der Waals surface area contributed by atoms with Crippen LogP contribution in [0.25, 0.3) is 0 Å². The highest BCUT2D eigenvalue weighted by Crippen LogP contribution is 2.19. The highest BCUT2D eigenvalue weighted by molar-refractivity contribution is 14.1. The van der Waals surface area contributed by atoms with Crippen molar-refractivity contribution in [1.29, 1.82) is 0 Å². The van der Waals surface area contributed by atoms with Crippen LogP contribution in [-0.2, 0) is 4.74 Å². The molecule has 0 atom stereocenters. The van der Waals surface area contributed by atoms with Gasteiger partial charge in [0.05, 0.1) is 12.2 Å². The van der Waals surface area contributed by atoms with E-state index in [-0.39, 0.29) is 5.91 Å². The minimum atomic E-state index is -0.0612. The van der Waals surface area contributed by atoms with Crippen molar-refractivity contribution < 1.29 is 9.53 Å². The molecule has 6 heteroatoms. The second kappa shape index (κ2) is 8.84. The van der Waals surface area contributed by atoms with E-state index in [4.69, 9.17) is 4.74 Å². The van der Waals surface area contributed by atoms with Gasteiger partial charge in [-0.1, -0.05) is 0 Å². The molecule has 100 valence electrons. The summed E-state index contributed by atoms with van der Waals surface area (Å²) in [5.74, 6) is -0.0612. The van der Waals surface area contributed by atoms with Gasteiger partial charge in [-0.3, -0.25) is 4.79 Å². The van der Waals surface area contributed by atoms with Crippen molar-refractivity contribution >= 4 is 44.4 Å². The summed E-state index contributed by atoms with van der Waals surface area (Å²) in [6.45, 7) is 2.80. The number of halogens is 2. The molecule has 0 saturated carbocycles. The molecule has 0 saturated heterocycles. The fourth-order valence-corrected chi connectivity index (χ4v) is 2.25. The topological polar surface area (TPSA) is 50.4 Å². The lowest BCUT2D eigenvalue weighted by atomic mass is 10.2. The standard InChI is InChI=1S/C12H16BrIN2O2/c1-18-7-6-15-4-5-16-12(17)10-8-9(14)2-3-11(10)13/h2-3,8,15H,4-7H2,1H3,(H,16,17). The van der Waals surface area contributed by atoms with Crippen LogP contribution in [0.1, 0.15) is 10.4 Å². The fraction of sp³-hybridized carbons (Fsp3) is 0.417. The summed E-state index contributed by atoms with van der Waals surface area (Å²) in [6, 6.07) is 5.69. The van der Waals surface area contributed by atoms with Crippen LogP contribution in [0.4, 0.5) is 0 Å². The van der Waals surface area contributed by atoms with Crippen molar-refractivity contribution in [3.63, 3.8) is 0 Å². The van der Waals surface area contributed by atoms with Crippen molar-refractivity contribution in [1.82, 2.24) is 10.6 Å². The lowest BCUT2D eigenvalue weighted by Gasteiger charge is -2.08. The van der Waals surface area contributed by atoms with Crippen molar-refractivity contribution in [2.24, 2.45) is 0 Å². The molecule has 0 radical (unpaired) electrons. The van der Waals surface area contributed by atoms with Gasteiger partial charge in [-0.05, 0) is 56.7 Å². The number of hydrogen-bond acceptors (Lipinski definition) is 3. The number of carbonyl (C=O) groups is 1. The second-order valence-electron chi connectivity index (χ2n) is 3.62. The Morgan fingerprint density at radius 2 is 2.17 bits per heavy atom. The number of carbonyl (C=O) groups excluding carboxylic acids is 1. The van der Waals surface area contributed by atoms with Crippen LogP contribution in [0.15, 0.2) is 22.7 Å². The third-order valence-corrected chi connectivity index (χ3v) is 3.61. The third-order valence-electron chi connectivity index (χ3n) is 2.24. The summed E-state index contributed by atoms with van der Waals surface area (Å²) in [5, 5.41) is 6.03. The molecule has 18 heavy (non-hydrogen) atoms. The number of methoxy groups -OCH3 is 1. The number of amides is 1. The summed E-state index contributed by atoms with van der Waals surface area (Å²) >= 11 is 5.57. The van der Waals surface area contributed by atoms with Crippen molar-refractivity contribution in [3.8, 4) is 0 Å². The van der Waals surface area contributed by atoms with Gasteiger partial charge in [-0.2, -0.15) is 0 Å². The summed E-state index contributed by atoms with van der Waals surface area (Å²) in [5.41, 5.74) is 0.666. The Kier molecular flexibility index (Phi) is 7.80. The molecule has 1 aromatic carbocycles. The Balaban J connectivity index is 2.34. The Labute approximate surface area is 129 Å². The Morgan fingerprint density at radius 1 is 1.39 bits per heavy atom. The zero-order chi connectivity index (χ0) is 13.4. The molecule has 1 aromatic rings. The largest absolute Gasteiger partial charge is 0.383 e. The Morgan fingerprint density at radius 3 is 2.89 bits per heavy atom. The van der Waals surface area contributed by atoms with E-state index in [0.29, 0.717) is 18.7 Å². The maximum Gasteiger partial charge on any atom is 0.252 e. The van der Waals surface area contributed by atoms with Gasteiger partial charge < -0.3 is 15.4 Å². The molecular weight excluding hydrogens is 411 g/mol. The van der Waals surface area contributed by atoms with Crippen LogP contribution in [-0.4, -0.2) is 39.3 Å². The van der Waals surface area contributed by atoms with Crippen molar-refractivity contribution in [2.45, 2.75) is 0 Å². The average Bonchev–Trinajstić information content (AvgIpc) is 2.36. The van der Waals surface area contributed by atoms with Crippen molar-refractivity contribution in [2.75, 3.05) is 33.4 Å². The lowest BCUT2D eigenvalue weighted by Crippen LogP contribution is -2.33. The SMILES string of the molecule is COCCNCCNC(=O)c1cc(I)ccc1Br. The molecule has 0 bridgehead atoms. The molecule has 0 aliphatic heterocycles. The van der Waals surface area contributed by atoms with Gasteiger partial charge in [0.25, 0.3) is 5.91 Å². The summed E-state index contributed by atoms with van der Waals surface area (Å²) in [4.78, 5) is 11.9. The molecule has 1 rings (SSSR count). The van der Waals surface area contributed by atoms with E-state index in [1.54, 1.807) is 7.11 Å². The molecule has 2 N–H and O–H groups in total. The maximum atomic E-state index is 11.9. The summed E-state index contributed by atoms with van der Waals surface area (Å²) in [7, 11) is 1.66. The molecule has 0 fully saturated rings. The van der Waals surface area contributed by atoms with E-state index in [9.17, 15) is 4.79 Å². The molecule has 4 nitrogen and oxygen atoms in total. The van der Waals surface area contributed by atoms with Crippen LogP contribution < -0.4 is 10.6 Å². The first-order chi connectivity index (χ1) is 8.65. The smallest absolute Gasteiger partial charge is 0.252 e. The molecule has 0 unspecified atom stereocenters. The van der Waals surface area contributed by atoms with E-state index in [1.165, 1.54) is 0 Å². The zero-order valence-corrected chi connectivity index (χ0v) is 13.9. The number of nitrogens with one attached hydrogen (secondary N) is 2. The number of rotatable bonds is 7. The predicted octanol–water partition coefficient (Wildman–Crippen LogP) is 2.02. The summed E-state index contributed by atoms with van der Waals surface area (Å²) < 4.78 is 6.76. The highest BCUT2D eigenvalue weighted by atomic mass is 127. The van der Waals surface area contributed by atoms with E-state index in [2.05, 4.69) is 49.2 Å². The minimum absolute atomic E-state index is 0.0612. The first kappa shape index (κ1) is 15.9. The van der Waals surface area contributed by atoms with Crippen LogP contribution in [0.2, 0.25) is 0 Å². The molecule has 1 amide bonds. The number of ether oxygens (including phenoxy) is 1. The third kappa shape index (κ3) is 5.64. The molecule has 0 aliphatic carbocycles. The molecule has 0 aliphatic rings. The maximum absolute atomic E-state index is 11.9. The molecule has 0 spiro atoms. The van der Waals surface area contributed by atoms with Gasteiger partial charge in [-0.15, -0.1) is 0 Å². The predicted molar refractivity (Wildman–Crippen MR) is 83.9 cm³/mol. The average molecular weight is 427 g/mol. The first-order valence-corrected chi connectivity index (χ1v) is 7.45. The van der Waals surface area contributed by atoms with Gasteiger partial charge >= 0.3 is 0 Å². The van der Waals surface area contributed by atoms with Crippen LogP contribution >= 0.6 is 38.5 Å². The van der Waals surface area contributed by atoms with Crippen LogP contribution in [0.5, 0.6) is 0 Å². The van der Waals surface area contributed by atoms with E-state index < -0.39 is 0 Å². The summed E-state index contributed by atoms with van der Waals surface area (Å²) in [6.07, 6.45) is 0. The van der Waals surface area contributed by atoms with Gasteiger partial charge in [-0.25, -0.2) is 0 Å². The lowest BCUT2D eigenvalue weighted by molar-refractivity contribution is 0.0953. The van der Waals surface area contributed by atoms with E-state index in [0.717, 1.165) is 21.1 Å². The Bertz CT molecular complexity index is 402. The number of benzene rings is 1. The fourth-order valence-electron chi connectivity index (χ4n) is 1.33. The van der Waals surface area contributed by atoms with Gasteiger partial charge in [0.2, 0.25) is 0 Å². The minimum Gasteiger partial charge on any atom is -0.383 e. The first-order valence-electron chi connectivity index (χ1n) is 5.58. The quantitative estimate of drug-likeness (QED) is 0.518. The van der Waals surface area contributed by atoms with Gasteiger partial charge in [0, 0.05) is 34.8 Å². The monoisotopic (exact) mass is 426 g/mol.